The first kappa shape index (κ1) is 15.3. The Morgan fingerprint density at radius 1 is 1.42 bits per heavy atom. The van der Waals surface area contributed by atoms with Crippen LogP contribution in [0.1, 0.15) is 46.0 Å². The molecule has 1 heterocycles. The summed E-state index contributed by atoms with van der Waals surface area (Å²) in [5.41, 5.74) is 0.342. The Kier molecular flexibility index (Phi) is 5.67. The number of rotatable bonds is 9. The van der Waals surface area contributed by atoms with Crippen molar-refractivity contribution >= 4 is 0 Å². The Bertz CT molecular complexity index is 267. The Morgan fingerprint density at radius 3 is 2.84 bits per heavy atom. The van der Waals surface area contributed by atoms with Gasteiger partial charge < -0.3 is 14.8 Å². The van der Waals surface area contributed by atoms with Gasteiger partial charge in [0, 0.05) is 32.3 Å². The van der Waals surface area contributed by atoms with Crippen molar-refractivity contribution in [2.45, 2.75) is 52.1 Å². The lowest BCUT2D eigenvalue weighted by molar-refractivity contribution is -0.00412. The van der Waals surface area contributed by atoms with Crippen molar-refractivity contribution in [2.75, 3.05) is 33.4 Å². The molecule has 1 aliphatic carbocycles. The van der Waals surface area contributed by atoms with Gasteiger partial charge in [0.2, 0.25) is 0 Å². The van der Waals surface area contributed by atoms with Crippen LogP contribution in [-0.4, -0.2) is 39.5 Å². The van der Waals surface area contributed by atoms with E-state index in [4.69, 9.17) is 9.47 Å². The smallest absolute Gasteiger partial charge is 0.0674 e. The van der Waals surface area contributed by atoms with Crippen molar-refractivity contribution < 1.29 is 9.47 Å². The Hall–Kier alpha value is -0.120. The van der Waals surface area contributed by atoms with Gasteiger partial charge in [-0.15, -0.1) is 0 Å². The van der Waals surface area contributed by atoms with Crippen LogP contribution in [0.5, 0.6) is 0 Å². The van der Waals surface area contributed by atoms with Crippen molar-refractivity contribution in [2.24, 2.45) is 17.3 Å². The van der Waals surface area contributed by atoms with Crippen LogP contribution in [0.25, 0.3) is 0 Å². The van der Waals surface area contributed by atoms with Crippen LogP contribution in [-0.2, 0) is 9.47 Å². The molecule has 3 heteroatoms. The second-order valence-corrected chi connectivity index (χ2v) is 6.47. The van der Waals surface area contributed by atoms with Gasteiger partial charge in [0.1, 0.15) is 0 Å². The maximum atomic E-state index is 6.14. The number of nitrogens with one attached hydrogen (secondary N) is 1. The summed E-state index contributed by atoms with van der Waals surface area (Å²) in [4.78, 5) is 0. The normalized spacial score (nSPS) is 32.7. The van der Waals surface area contributed by atoms with Crippen LogP contribution in [0.15, 0.2) is 0 Å². The van der Waals surface area contributed by atoms with Crippen LogP contribution in [0.4, 0.5) is 0 Å². The third-order valence-corrected chi connectivity index (χ3v) is 5.10. The monoisotopic (exact) mass is 269 g/mol. The van der Waals surface area contributed by atoms with E-state index < -0.39 is 0 Å². The zero-order chi connectivity index (χ0) is 13.7. The van der Waals surface area contributed by atoms with E-state index in [9.17, 15) is 0 Å². The van der Waals surface area contributed by atoms with Crippen molar-refractivity contribution in [1.82, 2.24) is 5.32 Å². The summed E-state index contributed by atoms with van der Waals surface area (Å²) in [6.07, 6.45) is 6.81. The Morgan fingerprint density at radius 2 is 2.21 bits per heavy atom. The zero-order valence-electron chi connectivity index (χ0n) is 12.9. The standard InChI is InChI=1S/C16H31NO2/c1-4-9-17-12-16(13(2)7-10-18-3)8-11-19-15(16)14-5-6-14/h13-15,17H,4-12H2,1-3H3. The fourth-order valence-corrected chi connectivity index (χ4v) is 3.66. The van der Waals surface area contributed by atoms with E-state index in [-0.39, 0.29) is 0 Å². The number of ether oxygens (including phenoxy) is 2. The van der Waals surface area contributed by atoms with Crippen LogP contribution in [0, 0.1) is 17.3 Å². The third kappa shape index (κ3) is 3.50. The molecule has 0 aromatic carbocycles. The molecule has 0 aromatic heterocycles. The Labute approximate surface area is 118 Å². The van der Waals surface area contributed by atoms with Gasteiger partial charge in [-0.3, -0.25) is 0 Å². The summed E-state index contributed by atoms with van der Waals surface area (Å²) in [6.45, 7) is 8.69. The fraction of sp³-hybridized carbons (Fsp3) is 1.00. The summed E-state index contributed by atoms with van der Waals surface area (Å²) >= 11 is 0. The van der Waals surface area contributed by atoms with E-state index in [1.807, 2.05) is 0 Å². The third-order valence-electron chi connectivity index (χ3n) is 5.10. The molecule has 0 amide bonds. The van der Waals surface area contributed by atoms with Gasteiger partial charge in [0.05, 0.1) is 6.10 Å². The van der Waals surface area contributed by atoms with Gasteiger partial charge in [-0.1, -0.05) is 13.8 Å². The molecule has 1 aliphatic heterocycles. The van der Waals surface area contributed by atoms with Crippen molar-refractivity contribution in [1.29, 1.82) is 0 Å². The van der Waals surface area contributed by atoms with Crippen molar-refractivity contribution in [3.8, 4) is 0 Å². The number of hydrogen-bond acceptors (Lipinski definition) is 3. The summed E-state index contributed by atoms with van der Waals surface area (Å²) in [5, 5.41) is 3.67. The molecule has 0 aromatic rings. The molecular weight excluding hydrogens is 238 g/mol. The molecule has 112 valence electrons. The molecule has 0 spiro atoms. The van der Waals surface area contributed by atoms with Crippen LogP contribution >= 0.6 is 0 Å². The molecule has 0 bridgehead atoms. The lowest BCUT2D eigenvalue weighted by Crippen LogP contribution is -2.47. The summed E-state index contributed by atoms with van der Waals surface area (Å²) in [6, 6.07) is 0. The fourth-order valence-electron chi connectivity index (χ4n) is 3.66. The molecule has 2 rings (SSSR count). The van der Waals surface area contributed by atoms with E-state index in [1.54, 1.807) is 7.11 Å². The van der Waals surface area contributed by atoms with Gasteiger partial charge in [-0.2, -0.15) is 0 Å². The first-order chi connectivity index (χ1) is 9.24. The minimum Gasteiger partial charge on any atom is -0.385 e. The predicted octanol–water partition coefficient (Wildman–Crippen LogP) is 2.84. The number of hydrogen-bond donors (Lipinski definition) is 1. The quantitative estimate of drug-likeness (QED) is 0.653. The molecule has 3 atom stereocenters. The second-order valence-electron chi connectivity index (χ2n) is 6.47. The zero-order valence-corrected chi connectivity index (χ0v) is 12.9. The van der Waals surface area contributed by atoms with Crippen LogP contribution in [0.3, 0.4) is 0 Å². The van der Waals surface area contributed by atoms with Crippen molar-refractivity contribution in [3.05, 3.63) is 0 Å². The maximum absolute atomic E-state index is 6.14. The van der Waals surface area contributed by atoms with Gasteiger partial charge in [0.15, 0.2) is 0 Å². The first-order valence-corrected chi connectivity index (χ1v) is 8.06. The summed E-state index contributed by atoms with van der Waals surface area (Å²) in [5.74, 6) is 1.50. The highest BCUT2D eigenvalue weighted by Gasteiger charge is 2.52. The molecule has 1 saturated carbocycles. The highest BCUT2D eigenvalue weighted by atomic mass is 16.5. The summed E-state index contributed by atoms with van der Waals surface area (Å²) in [7, 11) is 1.80. The van der Waals surface area contributed by atoms with E-state index in [1.165, 1.54) is 25.7 Å². The number of methoxy groups -OCH3 is 1. The van der Waals surface area contributed by atoms with E-state index in [0.29, 0.717) is 17.4 Å². The lowest BCUT2D eigenvalue weighted by atomic mass is 9.68. The lowest BCUT2D eigenvalue weighted by Gasteiger charge is -2.40. The van der Waals surface area contributed by atoms with E-state index in [0.717, 1.165) is 38.6 Å². The largest absolute Gasteiger partial charge is 0.385 e. The van der Waals surface area contributed by atoms with Crippen LogP contribution < -0.4 is 5.32 Å². The van der Waals surface area contributed by atoms with Crippen LogP contribution in [0.2, 0.25) is 0 Å². The minimum absolute atomic E-state index is 0.342. The molecule has 2 fully saturated rings. The van der Waals surface area contributed by atoms with Crippen molar-refractivity contribution in [3.63, 3.8) is 0 Å². The molecular formula is C16H31NO2. The average molecular weight is 269 g/mol. The second kappa shape index (κ2) is 7.05. The average Bonchev–Trinajstić information content (AvgIpc) is 3.17. The molecule has 1 N–H and O–H groups in total. The van der Waals surface area contributed by atoms with Gasteiger partial charge in [0.25, 0.3) is 0 Å². The van der Waals surface area contributed by atoms with Gasteiger partial charge >= 0.3 is 0 Å². The molecule has 3 nitrogen and oxygen atoms in total. The molecule has 3 unspecified atom stereocenters. The van der Waals surface area contributed by atoms with E-state index >= 15 is 0 Å². The van der Waals surface area contributed by atoms with Gasteiger partial charge in [-0.05, 0) is 50.5 Å². The SMILES string of the molecule is CCCNCC1(C(C)CCOC)CCOC1C1CC1. The highest BCUT2D eigenvalue weighted by molar-refractivity contribution is 5.02. The molecule has 0 radical (unpaired) electrons. The topological polar surface area (TPSA) is 30.5 Å². The van der Waals surface area contributed by atoms with E-state index in [2.05, 4.69) is 19.2 Å². The highest BCUT2D eigenvalue weighted by Crippen LogP contribution is 2.51. The molecule has 2 aliphatic rings. The Balaban J connectivity index is 2.02. The predicted molar refractivity (Wildman–Crippen MR) is 78.3 cm³/mol. The molecule has 1 saturated heterocycles. The minimum atomic E-state index is 0.342. The summed E-state index contributed by atoms with van der Waals surface area (Å²) < 4.78 is 11.4. The maximum Gasteiger partial charge on any atom is 0.0674 e. The molecule has 19 heavy (non-hydrogen) atoms. The van der Waals surface area contributed by atoms with Gasteiger partial charge in [-0.25, -0.2) is 0 Å². The first-order valence-electron chi connectivity index (χ1n) is 8.06.